The Bertz CT molecular complexity index is 1670. The fraction of sp³-hybridized carbons (Fsp3) is 0.351. The van der Waals surface area contributed by atoms with Crippen LogP contribution in [-0.2, 0) is 23.9 Å². The van der Waals surface area contributed by atoms with Gasteiger partial charge in [0.2, 0.25) is 11.8 Å². The third-order valence-electron chi connectivity index (χ3n) is 7.59. The molecule has 1 heterocycles. The van der Waals surface area contributed by atoms with Crippen molar-refractivity contribution in [3.63, 3.8) is 0 Å². The predicted octanol–water partition coefficient (Wildman–Crippen LogP) is 4.22. The zero-order chi connectivity index (χ0) is 34.8. The maximum absolute atomic E-state index is 12.7. The molecule has 4 rings (SSSR count). The van der Waals surface area contributed by atoms with Crippen LogP contribution < -0.4 is 26.4 Å². The molecular weight excluding hydrogens is 626 g/mol. The Morgan fingerprint density at radius 3 is 2.35 bits per heavy atom. The highest BCUT2D eigenvalue weighted by Gasteiger charge is 2.19. The van der Waals surface area contributed by atoms with Gasteiger partial charge in [0.05, 0.1) is 45.4 Å². The molecule has 1 atom stereocenters. The second-order valence-corrected chi connectivity index (χ2v) is 11.4. The Labute approximate surface area is 286 Å². The van der Waals surface area contributed by atoms with E-state index in [0.717, 1.165) is 39.0 Å². The summed E-state index contributed by atoms with van der Waals surface area (Å²) >= 11 is 0. The molecule has 0 aliphatic carbocycles. The summed E-state index contributed by atoms with van der Waals surface area (Å²) in [7, 11) is 0. The lowest BCUT2D eigenvalue weighted by Gasteiger charge is -2.19. The van der Waals surface area contributed by atoms with Crippen molar-refractivity contribution in [1.82, 2.24) is 15.6 Å². The number of anilines is 1. The van der Waals surface area contributed by atoms with Gasteiger partial charge in [-0.1, -0.05) is 54.6 Å². The predicted molar refractivity (Wildman–Crippen MR) is 188 cm³/mol. The number of hydrogen-bond donors (Lipinski definition) is 5. The number of carbonyl (C=O) groups is 3. The average Bonchev–Trinajstić information content (AvgIpc) is 3.10. The fourth-order valence-electron chi connectivity index (χ4n) is 5.20. The number of benzene rings is 3. The smallest absolute Gasteiger partial charge is 0.305 e. The number of pyridine rings is 1. The molecule has 1 aromatic heterocycles. The summed E-state index contributed by atoms with van der Waals surface area (Å²) in [6.45, 7) is 5.04. The molecule has 0 bridgehead atoms. The van der Waals surface area contributed by atoms with E-state index in [2.05, 4.69) is 20.9 Å². The summed E-state index contributed by atoms with van der Waals surface area (Å²) in [4.78, 5) is 40.9. The minimum absolute atomic E-state index is 0.230. The normalized spacial score (nSPS) is 11.6. The molecule has 0 aliphatic rings. The summed E-state index contributed by atoms with van der Waals surface area (Å²) in [5.74, 6) is -0.313. The zero-order valence-corrected chi connectivity index (χ0v) is 27.8. The highest BCUT2D eigenvalue weighted by Crippen LogP contribution is 2.35. The number of aromatic nitrogens is 1. The lowest BCUT2D eigenvalue weighted by molar-refractivity contribution is -0.138. The standard InChI is InChI=1S/C37H45N5O7/c1-26-14-17-40-34(23-26)39-16-4-7-35(43)41-25-36(44)42-32(24-37(45)46)28-10-8-27(9-11-28)29-12-13-33(31-6-3-2-5-30(29)31)49-22-21-48-20-19-47-18-15-38/h2-3,5-6,8-14,17,23,32H,4,7,15-16,18-22,24-25,38H2,1H3,(H,39,40)(H,41,43)(H,42,44)(H,45,46)/t32-/m0/s1. The Morgan fingerprint density at radius 2 is 1.61 bits per heavy atom. The Kier molecular flexibility index (Phi) is 14.8. The van der Waals surface area contributed by atoms with Crippen molar-refractivity contribution in [2.45, 2.75) is 32.2 Å². The Balaban J connectivity index is 1.30. The van der Waals surface area contributed by atoms with Crippen molar-refractivity contribution >= 4 is 34.4 Å². The summed E-state index contributed by atoms with van der Waals surface area (Å²) < 4.78 is 16.9. The molecule has 0 aliphatic heterocycles. The SMILES string of the molecule is Cc1ccnc(NCCCC(=O)NCC(=O)N[C@@H](CC(=O)O)c2ccc(-c3ccc(OCCOCCOCCN)c4ccccc34)cc2)c1. The van der Waals surface area contributed by atoms with Crippen molar-refractivity contribution in [2.24, 2.45) is 5.73 Å². The van der Waals surface area contributed by atoms with Crippen LogP contribution >= 0.6 is 0 Å². The van der Waals surface area contributed by atoms with Gasteiger partial charge in [0.15, 0.2) is 0 Å². The molecule has 12 nitrogen and oxygen atoms in total. The Hall–Kier alpha value is -5.04. The van der Waals surface area contributed by atoms with Gasteiger partial charge < -0.3 is 41.0 Å². The summed E-state index contributed by atoms with van der Waals surface area (Å²) in [6.07, 6.45) is 2.20. The monoisotopic (exact) mass is 671 g/mol. The molecule has 3 aromatic carbocycles. The van der Waals surface area contributed by atoms with Gasteiger partial charge in [-0.25, -0.2) is 4.98 Å². The molecule has 0 fully saturated rings. The largest absolute Gasteiger partial charge is 0.491 e. The van der Waals surface area contributed by atoms with E-state index >= 15 is 0 Å². The molecule has 12 heteroatoms. The third kappa shape index (κ3) is 12.2. The van der Waals surface area contributed by atoms with Gasteiger partial charge in [-0.3, -0.25) is 14.4 Å². The first-order chi connectivity index (χ1) is 23.8. The van der Waals surface area contributed by atoms with Crippen LogP contribution in [0.4, 0.5) is 5.82 Å². The first-order valence-corrected chi connectivity index (χ1v) is 16.4. The van der Waals surface area contributed by atoms with Crippen molar-refractivity contribution in [3.05, 3.63) is 90.1 Å². The minimum atomic E-state index is -1.05. The Morgan fingerprint density at radius 1 is 0.878 bits per heavy atom. The first-order valence-electron chi connectivity index (χ1n) is 16.4. The van der Waals surface area contributed by atoms with Crippen molar-refractivity contribution < 1.29 is 33.7 Å². The van der Waals surface area contributed by atoms with E-state index in [1.165, 1.54) is 0 Å². The van der Waals surface area contributed by atoms with Crippen LogP contribution in [0.3, 0.4) is 0 Å². The number of fused-ring (bicyclic) bond motifs is 1. The molecule has 49 heavy (non-hydrogen) atoms. The first kappa shape index (κ1) is 36.8. The van der Waals surface area contributed by atoms with Crippen molar-refractivity contribution in [2.75, 3.05) is 58.0 Å². The molecule has 0 saturated carbocycles. The van der Waals surface area contributed by atoms with E-state index in [0.29, 0.717) is 58.1 Å². The van der Waals surface area contributed by atoms with Gasteiger partial charge >= 0.3 is 5.97 Å². The van der Waals surface area contributed by atoms with E-state index < -0.39 is 17.9 Å². The van der Waals surface area contributed by atoms with Gasteiger partial charge in [0, 0.05) is 31.1 Å². The van der Waals surface area contributed by atoms with Crippen LogP contribution in [0.5, 0.6) is 5.75 Å². The number of nitrogens with zero attached hydrogens (tertiary/aromatic N) is 1. The van der Waals surface area contributed by atoms with Crippen molar-refractivity contribution in [3.8, 4) is 16.9 Å². The molecule has 4 aromatic rings. The number of ether oxygens (including phenoxy) is 3. The van der Waals surface area contributed by atoms with E-state index in [1.807, 2.05) is 79.7 Å². The second-order valence-electron chi connectivity index (χ2n) is 11.4. The van der Waals surface area contributed by atoms with Crippen LogP contribution in [0.15, 0.2) is 79.0 Å². The number of carbonyl (C=O) groups excluding carboxylic acids is 2. The van der Waals surface area contributed by atoms with Crippen LogP contribution in [0.2, 0.25) is 0 Å². The number of carboxylic acid groups (broad SMARTS) is 1. The minimum Gasteiger partial charge on any atom is -0.491 e. The molecule has 260 valence electrons. The number of carboxylic acids is 1. The lowest BCUT2D eigenvalue weighted by atomic mass is 9.95. The van der Waals surface area contributed by atoms with Gasteiger partial charge in [-0.15, -0.1) is 0 Å². The van der Waals surface area contributed by atoms with E-state index in [1.54, 1.807) is 6.20 Å². The number of hydrogen-bond acceptors (Lipinski definition) is 9. The third-order valence-corrected chi connectivity index (χ3v) is 7.59. The van der Waals surface area contributed by atoms with Gasteiger partial charge in [-0.2, -0.15) is 0 Å². The maximum Gasteiger partial charge on any atom is 0.305 e. The lowest BCUT2D eigenvalue weighted by Crippen LogP contribution is -2.39. The number of nitrogens with two attached hydrogens (primary N) is 1. The van der Waals surface area contributed by atoms with Crippen molar-refractivity contribution in [1.29, 1.82) is 0 Å². The number of rotatable bonds is 21. The topological polar surface area (TPSA) is 174 Å². The molecule has 0 saturated heterocycles. The number of aliphatic carboxylic acids is 1. The highest BCUT2D eigenvalue weighted by molar-refractivity contribution is 6.00. The van der Waals surface area contributed by atoms with E-state index in [9.17, 15) is 19.5 Å². The highest BCUT2D eigenvalue weighted by atomic mass is 16.5. The van der Waals surface area contributed by atoms with E-state index in [4.69, 9.17) is 19.9 Å². The molecule has 0 spiro atoms. The quantitative estimate of drug-likeness (QED) is 0.0807. The van der Waals surface area contributed by atoms with Crippen LogP contribution in [0, 0.1) is 6.92 Å². The van der Waals surface area contributed by atoms with Gasteiger partial charge in [0.1, 0.15) is 18.2 Å². The number of aryl methyl sites for hydroxylation is 1. The summed E-state index contributed by atoms with van der Waals surface area (Å²) in [6, 6.07) is 22.3. The van der Waals surface area contributed by atoms with Crippen LogP contribution in [0.25, 0.3) is 21.9 Å². The zero-order valence-electron chi connectivity index (χ0n) is 27.8. The van der Waals surface area contributed by atoms with Gasteiger partial charge in [-0.05, 0) is 59.2 Å². The number of amides is 2. The van der Waals surface area contributed by atoms with Crippen LogP contribution in [0.1, 0.15) is 36.4 Å². The summed E-state index contributed by atoms with van der Waals surface area (Å²) in [5.41, 5.74) is 9.04. The van der Waals surface area contributed by atoms with Crippen LogP contribution in [-0.4, -0.2) is 80.5 Å². The molecule has 2 amide bonds. The molecule has 0 unspecified atom stereocenters. The molecule has 0 radical (unpaired) electrons. The number of nitrogens with one attached hydrogen (secondary N) is 3. The fourth-order valence-corrected chi connectivity index (χ4v) is 5.20. The second kappa shape index (κ2) is 19.7. The molecular formula is C37H45N5O7. The van der Waals surface area contributed by atoms with E-state index in [-0.39, 0.29) is 25.3 Å². The van der Waals surface area contributed by atoms with Gasteiger partial charge in [0.25, 0.3) is 0 Å². The average molecular weight is 672 g/mol. The maximum atomic E-state index is 12.7. The summed E-state index contributed by atoms with van der Waals surface area (Å²) in [5, 5.41) is 20.0. The molecule has 6 N–H and O–H groups in total.